The number of hydrogen-bond acceptors (Lipinski definition) is 7. The zero-order chi connectivity index (χ0) is 22.9. The number of anilines is 1. The van der Waals surface area contributed by atoms with Crippen LogP contribution in [0.15, 0.2) is 60.9 Å². The number of amides is 1. The number of aromatic nitrogens is 4. The lowest BCUT2D eigenvalue weighted by atomic mass is 10.1. The van der Waals surface area contributed by atoms with Crippen molar-refractivity contribution < 1.29 is 19.4 Å². The van der Waals surface area contributed by atoms with Crippen molar-refractivity contribution in [3.8, 4) is 22.8 Å². The minimum Gasteiger partial charge on any atom is -0.481 e. The molecule has 4 N–H and O–H groups in total. The molecule has 0 saturated carbocycles. The van der Waals surface area contributed by atoms with Gasteiger partial charge in [-0.25, -0.2) is 14.6 Å². The Bertz CT molecular complexity index is 1340. The van der Waals surface area contributed by atoms with Gasteiger partial charge in [0.05, 0.1) is 11.9 Å². The minimum absolute atomic E-state index is 0.178. The monoisotopic (exact) mass is 444 g/mol. The number of para-hydroxylation sites is 1. The lowest BCUT2D eigenvalue weighted by molar-refractivity contribution is -0.145. The molecule has 1 aliphatic rings. The molecule has 2 aromatic carbocycles. The first-order chi connectivity index (χ1) is 16.0. The number of nitrogens with two attached hydrogens (primary N) is 1. The van der Waals surface area contributed by atoms with E-state index in [1.165, 1.54) is 6.33 Å². The topological polar surface area (TPSA) is 145 Å². The van der Waals surface area contributed by atoms with Gasteiger partial charge in [-0.2, -0.15) is 5.10 Å². The summed E-state index contributed by atoms with van der Waals surface area (Å²) in [5.41, 5.74) is 8.05. The molecule has 0 bridgehead atoms. The van der Waals surface area contributed by atoms with E-state index in [0.717, 1.165) is 11.3 Å². The molecular formula is C23H20N6O4. The van der Waals surface area contributed by atoms with Crippen LogP contribution in [-0.4, -0.2) is 42.8 Å². The fourth-order valence-corrected chi connectivity index (χ4v) is 3.96. The zero-order valence-corrected chi connectivity index (χ0v) is 17.4. The van der Waals surface area contributed by atoms with Gasteiger partial charge >= 0.3 is 5.97 Å². The lowest BCUT2D eigenvalue weighted by Gasteiger charge is -2.10. The summed E-state index contributed by atoms with van der Waals surface area (Å²) in [5.74, 6) is -1.00. The second-order valence-electron chi connectivity index (χ2n) is 7.76. The summed E-state index contributed by atoms with van der Waals surface area (Å²) in [7, 11) is 0. The van der Waals surface area contributed by atoms with Crippen LogP contribution >= 0.6 is 0 Å². The molecule has 5 rings (SSSR count). The van der Waals surface area contributed by atoms with Gasteiger partial charge in [0.15, 0.2) is 5.65 Å². The number of rotatable bonds is 6. The number of benzene rings is 2. The fourth-order valence-electron chi connectivity index (χ4n) is 3.96. The fraction of sp³-hybridized carbons (Fsp3) is 0.174. The molecule has 1 amide bonds. The van der Waals surface area contributed by atoms with Crippen LogP contribution in [-0.2, 0) is 16.1 Å². The zero-order valence-electron chi connectivity index (χ0n) is 17.4. The Morgan fingerprint density at radius 3 is 2.55 bits per heavy atom. The van der Waals surface area contributed by atoms with Crippen molar-refractivity contribution in [1.29, 1.82) is 0 Å². The Labute approximate surface area is 188 Å². The van der Waals surface area contributed by atoms with Gasteiger partial charge in [-0.05, 0) is 42.8 Å². The number of hydrogen-bond donors (Lipinski definition) is 3. The maximum absolute atomic E-state index is 11.9. The average molecular weight is 444 g/mol. The Balaban J connectivity index is 1.45. The number of carboxylic acid groups (broad SMARTS) is 1. The molecule has 2 aromatic heterocycles. The van der Waals surface area contributed by atoms with Gasteiger partial charge < -0.3 is 20.9 Å². The number of nitrogens with one attached hydrogen (secondary N) is 1. The van der Waals surface area contributed by atoms with E-state index >= 15 is 0 Å². The summed E-state index contributed by atoms with van der Waals surface area (Å²) >= 11 is 0. The van der Waals surface area contributed by atoms with Crippen molar-refractivity contribution in [2.45, 2.75) is 19.0 Å². The molecule has 0 spiro atoms. The number of nitrogens with zero attached hydrogens (tertiary/aromatic N) is 4. The number of carboxylic acids is 1. The van der Waals surface area contributed by atoms with Crippen molar-refractivity contribution in [2.24, 2.45) is 5.92 Å². The van der Waals surface area contributed by atoms with Crippen LogP contribution in [0.25, 0.3) is 22.3 Å². The third-order valence-corrected chi connectivity index (χ3v) is 5.54. The first-order valence-electron chi connectivity index (χ1n) is 10.3. The second kappa shape index (κ2) is 8.23. The summed E-state index contributed by atoms with van der Waals surface area (Å²) in [5, 5.41) is 17.2. The summed E-state index contributed by atoms with van der Waals surface area (Å²) in [4.78, 5) is 31.6. The molecule has 33 heavy (non-hydrogen) atoms. The van der Waals surface area contributed by atoms with Gasteiger partial charge in [-0.1, -0.05) is 18.2 Å². The Morgan fingerprint density at radius 1 is 1.12 bits per heavy atom. The average Bonchev–Trinajstić information content (AvgIpc) is 3.36. The van der Waals surface area contributed by atoms with Crippen molar-refractivity contribution >= 4 is 28.7 Å². The highest BCUT2D eigenvalue weighted by molar-refractivity contribution is 5.99. The summed E-state index contributed by atoms with van der Waals surface area (Å²) in [6.07, 6.45) is 1.53. The molecular weight excluding hydrogens is 424 g/mol. The van der Waals surface area contributed by atoms with Crippen LogP contribution in [0.4, 0.5) is 5.82 Å². The van der Waals surface area contributed by atoms with Gasteiger partial charge in [0.25, 0.3) is 0 Å². The third-order valence-electron chi connectivity index (χ3n) is 5.54. The summed E-state index contributed by atoms with van der Waals surface area (Å²) in [6, 6.07) is 16.5. The van der Waals surface area contributed by atoms with Crippen LogP contribution in [0.5, 0.6) is 11.5 Å². The second-order valence-corrected chi connectivity index (χ2v) is 7.76. The minimum atomic E-state index is -1.13. The molecule has 166 valence electrons. The molecule has 0 aliphatic carbocycles. The summed E-state index contributed by atoms with van der Waals surface area (Å²) in [6.45, 7) is 0.262. The molecule has 10 heteroatoms. The van der Waals surface area contributed by atoms with Crippen molar-refractivity contribution in [3.05, 3.63) is 60.9 Å². The number of fused-ring (bicyclic) bond motifs is 1. The van der Waals surface area contributed by atoms with E-state index in [9.17, 15) is 14.7 Å². The molecule has 10 nitrogen and oxygen atoms in total. The van der Waals surface area contributed by atoms with Crippen molar-refractivity contribution in [1.82, 2.24) is 25.1 Å². The standard InChI is InChI=1S/C23H20N6O4/c24-20-18-19(13-6-8-16(9-7-13)33-15-4-2-1-3-5-15)28-29(21(18)26-12-25-20)11-14-10-17(23(31)32)22(30)27-14/h1-9,12,14,17H,10-11H2,(H,27,30)(H,31,32)(H2,24,25,26)/t14-,17?/m1/s1. The Kier molecular flexibility index (Phi) is 5.09. The van der Waals surface area contributed by atoms with E-state index in [0.29, 0.717) is 22.5 Å². The summed E-state index contributed by atoms with van der Waals surface area (Å²) < 4.78 is 7.48. The normalized spacial score (nSPS) is 17.8. The van der Waals surface area contributed by atoms with Crippen molar-refractivity contribution in [2.75, 3.05) is 5.73 Å². The molecule has 1 unspecified atom stereocenters. The van der Waals surface area contributed by atoms with Gasteiger partial charge in [0.2, 0.25) is 5.91 Å². The molecule has 1 saturated heterocycles. The molecule has 0 radical (unpaired) electrons. The highest BCUT2D eigenvalue weighted by Crippen LogP contribution is 2.32. The quantitative estimate of drug-likeness (QED) is 0.385. The van der Waals surface area contributed by atoms with Gasteiger partial charge in [-0.3, -0.25) is 9.59 Å². The molecule has 2 atom stereocenters. The number of aliphatic carboxylic acids is 1. The van der Waals surface area contributed by atoms with Crippen LogP contribution in [0.1, 0.15) is 6.42 Å². The molecule has 4 aromatic rings. The van der Waals surface area contributed by atoms with Crippen LogP contribution in [0.3, 0.4) is 0 Å². The Hall–Kier alpha value is -4.47. The molecule has 3 heterocycles. The van der Waals surface area contributed by atoms with E-state index in [4.69, 9.17) is 10.5 Å². The van der Waals surface area contributed by atoms with Gasteiger partial charge in [0, 0.05) is 11.6 Å². The maximum Gasteiger partial charge on any atom is 0.316 e. The largest absolute Gasteiger partial charge is 0.481 e. The van der Waals surface area contributed by atoms with Crippen LogP contribution in [0, 0.1) is 5.92 Å². The predicted octanol–water partition coefficient (Wildman–Crippen LogP) is 2.46. The van der Waals surface area contributed by atoms with E-state index in [2.05, 4.69) is 20.4 Å². The van der Waals surface area contributed by atoms with Crippen molar-refractivity contribution in [3.63, 3.8) is 0 Å². The third kappa shape index (κ3) is 3.93. The maximum atomic E-state index is 11.9. The number of ether oxygens (including phenoxy) is 1. The first-order valence-corrected chi connectivity index (χ1v) is 10.3. The lowest BCUT2D eigenvalue weighted by Crippen LogP contribution is -2.31. The number of nitrogen functional groups attached to an aromatic ring is 1. The SMILES string of the molecule is Nc1ncnc2c1c(-c1ccc(Oc3ccccc3)cc1)nn2C[C@H]1CC(C(=O)O)C(=O)N1. The number of carbonyl (C=O) groups excluding carboxylic acids is 1. The first kappa shape index (κ1) is 20.4. The van der Waals surface area contributed by atoms with E-state index in [1.807, 2.05) is 54.6 Å². The highest BCUT2D eigenvalue weighted by atomic mass is 16.5. The van der Waals surface area contributed by atoms with E-state index in [-0.39, 0.29) is 24.8 Å². The van der Waals surface area contributed by atoms with Gasteiger partial charge in [0.1, 0.15) is 35.3 Å². The molecule has 1 aliphatic heterocycles. The Morgan fingerprint density at radius 2 is 1.85 bits per heavy atom. The van der Waals surface area contributed by atoms with Crippen LogP contribution < -0.4 is 15.8 Å². The van der Waals surface area contributed by atoms with Crippen LogP contribution in [0.2, 0.25) is 0 Å². The van der Waals surface area contributed by atoms with Gasteiger partial charge in [-0.15, -0.1) is 0 Å². The van der Waals surface area contributed by atoms with E-state index < -0.39 is 17.8 Å². The predicted molar refractivity (Wildman–Crippen MR) is 119 cm³/mol. The molecule has 1 fully saturated rings. The smallest absolute Gasteiger partial charge is 0.316 e. The number of carbonyl (C=O) groups is 2. The van der Waals surface area contributed by atoms with E-state index in [1.54, 1.807) is 4.68 Å². The highest BCUT2D eigenvalue weighted by Gasteiger charge is 2.37.